The van der Waals surface area contributed by atoms with Gasteiger partial charge in [0.2, 0.25) is 0 Å². The first-order valence-electron chi connectivity index (χ1n) is 5.89. The minimum absolute atomic E-state index is 0.272. The van der Waals surface area contributed by atoms with Crippen molar-refractivity contribution in [3.05, 3.63) is 18.1 Å². The Kier molecular flexibility index (Phi) is 3.55. The summed E-state index contributed by atoms with van der Waals surface area (Å²) >= 11 is 0. The lowest BCUT2D eigenvalue weighted by Gasteiger charge is -2.34. The van der Waals surface area contributed by atoms with E-state index < -0.39 is 0 Å². The molecule has 1 aliphatic heterocycles. The second-order valence-corrected chi connectivity index (χ2v) is 4.84. The molecule has 1 atom stereocenters. The summed E-state index contributed by atoms with van der Waals surface area (Å²) in [6.07, 6.45) is 5.54. The maximum atomic E-state index is 8.62. The first-order valence-corrected chi connectivity index (χ1v) is 5.89. The summed E-state index contributed by atoms with van der Waals surface area (Å²) < 4.78 is 0. The second-order valence-electron chi connectivity index (χ2n) is 4.84. The van der Waals surface area contributed by atoms with Crippen molar-refractivity contribution in [1.29, 1.82) is 5.26 Å². The number of rotatable bonds is 3. The maximum absolute atomic E-state index is 8.62. The first kappa shape index (κ1) is 11.8. The summed E-state index contributed by atoms with van der Waals surface area (Å²) in [4.78, 5) is 8.13. The molecule has 1 aliphatic rings. The van der Waals surface area contributed by atoms with E-state index in [0.717, 1.165) is 25.5 Å². The quantitative estimate of drug-likeness (QED) is 0.816. The Morgan fingerprint density at radius 2 is 2.41 bits per heavy atom. The molecule has 5 heteroatoms. The van der Waals surface area contributed by atoms with Crippen LogP contribution >= 0.6 is 0 Å². The third-order valence-corrected chi connectivity index (χ3v) is 3.15. The molecule has 1 unspecified atom stereocenters. The highest BCUT2D eigenvalue weighted by Crippen LogP contribution is 2.25. The summed E-state index contributed by atoms with van der Waals surface area (Å²) in [5.74, 6) is 0.732. The zero-order valence-electron chi connectivity index (χ0n) is 10.0. The van der Waals surface area contributed by atoms with E-state index in [1.54, 1.807) is 6.20 Å². The molecule has 2 N–H and O–H groups in total. The summed E-state index contributed by atoms with van der Waals surface area (Å²) in [7, 11) is 0. The highest BCUT2D eigenvalue weighted by atomic mass is 15.0. The van der Waals surface area contributed by atoms with Crippen LogP contribution in [0.25, 0.3) is 0 Å². The van der Waals surface area contributed by atoms with Crippen LogP contribution in [0.2, 0.25) is 0 Å². The van der Waals surface area contributed by atoms with Crippen molar-refractivity contribution in [1.82, 2.24) is 15.3 Å². The predicted molar refractivity (Wildman–Crippen MR) is 65.4 cm³/mol. The van der Waals surface area contributed by atoms with Crippen molar-refractivity contribution >= 4 is 5.82 Å². The summed E-state index contributed by atoms with van der Waals surface area (Å²) in [6, 6.07) is 1.96. The molecule has 0 aromatic carbocycles. The van der Waals surface area contributed by atoms with E-state index >= 15 is 0 Å². The van der Waals surface area contributed by atoms with Crippen LogP contribution in [0.4, 0.5) is 5.82 Å². The second kappa shape index (κ2) is 5.11. The molecule has 0 bridgehead atoms. The Bertz CT molecular complexity index is 400. The average molecular weight is 231 g/mol. The van der Waals surface area contributed by atoms with Crippen molar-refractivity contribution in [2.45, 2.75) is 19.8 Å². The van der Waals surface area contributed by atoms with Crippen LogP contribution in [0.15, 0.2) is 12.4 Å². The molecule has 0 radical (unpaired) electrons. The van der Waals surface area contributed by atoms with E-state index in [1.807, 2.05) is 6.07 Å². The Morgan fingerprint density at radius 3 is 3.00 bits per heavy atom. The van der Waals surface area contributed by atoms with E-state index in [-0.39, 0.29) is 5.41 Å². The van der Waals surface area contributed by atoms with E-state index in [0.29, 0.717) is 5.69 Å². The number of aromatic nitrogens is 2. The van der Waals surface area contributed by atoms with Crippen LogP contribution in [0.3, 0.4) is 0 Å². The van der Waals surface area contributed by atoms with Gasteiger partial charge in [0.15, 0.2) is 5.69 Å². The van der Waals surface area contributed by atoms with Gasteiger partial charge in [-0.2, -0.15) is 5.26 Å². The normalized spacial score (nSPS) is 24.0. The number of nitrogens with one attached hydrogen (secondary N) is 2. The van der Waals surface area contributed by atoms with E-state index in [4.69, 9.17) is 5.26 Å². The van der Waals surface area contributed by atoms with Crippen LogP contribution in [0.5, 0.6) is 0 Å². The molecular formula is C12H17N5. The third kappa shape index (κ3) is 3.14. The molecule has 2 heterocycles. The molecule has 1 saturated heterocycles. The van der Waals surface area contributed by atoms with Gasteiger partial charge in [0, 0.05) is 13.1 Å². The van der Waals surface area contributed by atoms with Gasteiger partial charge in [-0.15, -0.1) is 0 Å². The average Bonchev–Trinajstić information content (AvgIpc) is 2.38. The molecule has 0 spiro atoms. The minimum Gasteiger partial charge on any atom is -0.368 e. The van der Waals surface area contributed by atoms with E-state index in [2.05, 4.69) is 27.5 Å². The van der Waals surface area contributed by atoms with Crippen LogP contribution in [-0.2, 0) is 0 Å². The van der Waals surface area contributed by atoms with Crippen LogP contribution < -0.4 is 10.6 Å². The lowest BCUT2D eigenvalue weighted by Crippen LogP contribution is -2.42. The van der Waals surface area contributed by atoms with Crippen LogP contribution in [0, 0.1) is 16.7 Å². The fourth-order valence-corrected chi connectivity index (χ4v) is 2.05. The van der Waals surface area contributed by atoms with E-state index in [9.17, 15) is 0 Å². The highest BCUT2D eigenvalue weighted by Gasteiger charge is 2.26. The van der Waals surface area contributed by atoms with Crippen molar-refractivity contribution < 1.29 is 0 Å². The van der Waals surface area contributed by atoms with Crippen molar-refractivity contribution in [3.8, 4) is 6.07 Å². The van der Waals surface area contributed by atoms with Gasteiger partial charge in [-0.3, -0.25) is 0 Å². The maximum Gasteiger partial charge on any atom is 0.158 e. The Hall–Kier alpha value is -1.67. The summed E-state index contributed by atoms with van der Waals surface area (Å²) in [6.45, 7) is 5.29. The molecule has 1 fully saturated rings. The fraction of sp³-hybridized carbons (Fsp3) is 0.583. The number of hydrogen-bond acceptors (Lipinski definition) is 5. The minimum atomic E-state index is 0.272. The van der Waals surface area contributed by atoms with Crippen LogP contribution in [-0.4, -0.2) is 29.6 Å². The molecule has 0 aliphatic carbocycles. The van der Waals surface area contributed by atoms with Gasteiger partial charge in [0.05, 0.1) is 12.4 Å². The van der Waals surface area contributed by atoms with Gasteiger partial charge in [0.1, 0.15) is 11.9 Å². The molecule has 0 amide bonds. The van der Waals surface area contributed by atoms with Gasteiger partial charge in [0.25, 0.3) is 0 Å². The van der Waals surface area contributed by atoms with Crippen molar-refractivity contribution in [2.75, 3.05) is 25.0 Å². The lowest BCUT2D eigenvalue weighted by molar-refractivity contribution is 0.253. The van der Waals surface area contributed by atoms with Crippen molar-refractivity contribution in [2.24, 2.45) is 5.41 Å². The highest BCUT2D eigenvalue weighted by molar-refractivity contribution is 5.33. The Labute approximate surface area is 101 Å². The summed E-state index contributed by atoms with van der Waals surface area (Å²) in [5.41, 5.74) is 0.620. The number of piperidine rings is 1. The van der Waals surface area contributed by atoms with Crippen molar-refractivity contribution in [3.63, 3.8) is 0 Å². The SMILES string of the molecule is CC1(CNc2cnc(C#N)cn2)CCCNC1. The van der Waals surface area contributed by atoms with Gasteiger partial charge >= 0.3 is 0 Å². The molecular weight excluding hydrogens is 214 g/mol. The van der Waals surface area contributed by atoms with Gasteiger partial charge in [-0.05, 0) is 24.8 Å². The van der Waals surface area contributed by atoms with Gasteiger partial charge in [-0.1, -0.05) is 6.92 Å². The predicted octanol–water partition coefficient (Wildman–Crippen LogP) is 1.15. The zero-order valence-corrected chi connectivity index (χ0v) is 10.0. The zero-order chi connectivity index (χ0) is 12.1. The largest absolute Gasteiger partial charge is 0.368 e. The Balaban J connectivity index is 1.90. The summed E-state index contributed by atoms with van der Waals surface area (Å²) in [5, 5.41) is 15.3. The monoisotopic (exact) mass is 231 g/mol. The smallest absolute Gasteiger partial charge is 0.158 e. The molecule has 1 aromatic heterocycles. The van der Waals surface area contributed by atoms with Gasteiger partial charge < -0.3 is 10.6 Å². The topological polar surface area (TPSA) is 73.6 Å². The number of nitriles is 1. The number of nitrogens with zero attached hydrogens (tertiary/aromatic N) is 3. The number of anilines is 1. The standard InChI is InChI=1S/C12H17N5/c1-12(3-2-4-14-8-12)9-17-11-7-15-10(5-13)6-16-11/h6-7,14H,2-4,8-9H2,1H3,(H,16,17). The number of hydrogen-bond donors (Lipinski definition) is 2. The van der Waals surface area contributed by atoms with Gasteiger partial charge in [-0.25, -0.2) is 9.97 Å². The first-order chi connectivity index (χ1) is 8.22. The molecule has 90 valence electrons. The third-order valence-electron chi connectivity index (χ3n) is 3.15. The Morgan fingerprint density at radius 1 is 1.53 bits per heavy atom. The molecule has 2 rings (SSSR count). The molecule has 1 aromatic rings. The molecule has 0 saturated carbocycles. The fourth-order valence-electron chi connectivity index (χ4n) is 2.05. The van der Waals surface area contributed by atoms with E-state index in [1.165, 1.54) is 19.0 Å². The molecule has 17 heavy (non-hydrogen) atoms. The van der Waals surface area contributed by atoms with Crippen LogP contribution in [0.1, 0.15) is 25.5 Å². The lowest BCUT2D eigenvalue weighted by atomic mass is 9.83. The molecule has 5 nitrogen and oxygen atoms in total.